The molecular formula is C8H7BrF4. The average Bonchev–Trinajstić information content (AvgIpc) is 1.92. The molecule has 0 nitrogen and oxygen atoms in total. The van der Waals surface area contributed by atoms with Gasteiger partial charge in [0.2, 0.25) is 0 Å². The highest BCUT2D eigenvalue weighted by Crippen LogP contribution is 2.36. The van der Waals surface area contributed by atoms with Crippen molar-refractivity contribution in [3.05, 3.63) is 23.8 Å². The second-order valence-electron chi connectivity index (χ2n) is 3.01. The van der Waals surface area contributed by atoms with Gasteiger partial charge in [-0.05, 0) is 13.0 Å². The zero-order valence-electron chi connectivity index (χ0n) is 6.70. The second-order valence-corrected chi connectivity index (χ2v) is 4.00. The van der Waals surface area contributed by atoms with Crippen LogP contribution in [0.25, 0.3) is 0 Å². The normalized spacial score (nSPS) is 34.6. The summed E-state index contributed by atoms with van der Waals surface area (Å²) in [4.78, 5) is -0.703. The molecular weight excluding hydrogens is 252 g/mol. The molecule has 0 aromatic carbocycles. The van der Waals surface area contributed by atoms with Crippen molar-refractivity contribution in [3.8, 4) is 0 Å². The third kappa shape index (κ3) is 2.33. The van der Waals surface area contributed by atoms with E-state index in [1.807, 2.05) is 0 Å². The summed E-state index contributed by atoms with van der Waals surface area (Å²) in [6.07, 6.45) is -1.85. The van der Waals surface area contributed by atoms with Crippen LogP contribution >= 0.6 is 15.9 Å². The van der Waals surface area contributed by atoms with Crippen molar-refractivity contribution in [2.24, 2.45) is 0 Å². The average molecular weight is 259 g/mol. The lowest BCUT2D eigenvalue weighted by Crippen LogP contribution is -2.31. The molecule has 0 amide bonds. The van der Waals surface area contributed by atoms with E-state index in [4.69, 9.17) is 0 Å². The molecule has 2 unspecified atom stereocenters. The van der Waals surface area contributed by atoms with Crippen LogP contribution in [0.3, 0.4) is 0 Å². The van der Waals surface area contributed by atoms with Gasteiger partial charge in [-0.25, -0.2) is 4.39 Å². The van der Waals surface area contributed by atoms with Gasteiger partial charge in [-0.3, -0.25) is 0 Å². The van der Waals surface area contributed by atoms with E-state index < -0.39 is 22.2 Å². The molecule has 0 saturated carbocycles. The molecule has 1 aliphatic rings. The lowest BCUT2D eigenvalue weighted by Gasteiger charge is -2.25. The molecule has 0 aliphatic heterocycles. The largest absolute Gasteiger partial charge is 0.416 e. The lowest BCUT2D eigenvalue weighted by atomic mass is 9.95. The van der Waals surface area contributed by atoms with E-state index in [-0.39, 0.29) is 0 Å². The monoisotopic (exact) mass is 258 g/mol. The van der Waals surface area contributed by atoms with Gasteiger partial charge in [0.05, 0.1) is 10.4 Å². The number of allylic oxidation sites excluding steroid dienone is 4. The molecule has 0 saturated heterocycles. The van der Waals surface area contributed by atoms with Crippen molar-refractivity contribution >= 4 is 15.9 Å². The Morgan fingerprint density at radius 3 is 2.38 bits per heavy atom. The smallest absolute Gasteiger partial charge is 0.238 e. The number of alkyl halides is 5. The maximum Gasteiger partial charge on any atom is 0.416 e. The zero-order chi connectivity index (χ0) is 10.3. The van der Waals surface area contributed by atoms with E-state index in [1.54, 1.807) is 0 Å². The summed E-state index contributed by atoms with van der Waals surface area (Å²) in [6, 6.07) is 0. The van der Waals surface area contributed by atoms with E-state index in [1.165, 1.54) is 0 Å². The van der Waals surface area contributed by atoms with Crippen LogP contribution in [0.2, 0.25) is 0 Å². The zero-order valence-corrected chi connectivity index (χ0v) is 8.29. The molecule has 74 valence electrons. The van der Waals surface area contributed by atoms with Crippen molar-refractivity contribution in [1.82, 2.24) is 0 Å². The van der Waals surface area contributed by atoms with Crippen LogP contribution in [0.5, 0.6) is 0 Å². The molecule has 0 bridgehead atoms. The van der Waals surface area contributed by atoms with E-state index in [2.05, 4.69) is 15.9 Å². The van der Waals surface area contributed by atoms with Gasteiger partial charge >= 0.3 is 6.18 Å². The first-order chi connectivity index (χ1) is 5.73. The molecule has 2 atom stereocenters. The van der Waals surface area contributed by atoms with Crippen LogP contribution in [0.1, 0.15) is 6.92 Å². The Balaban J connectivity index is 2.99. The highest BCUT2D eigenvalue weighted by Gasteiger charge is 2.39. The fraction of sp³-hybridized carbons (Fsp3) is 0.500. The van der Waals surface area contributed by atoms with Gasteiger partial charge in [0.15, 0.2) is 0 Å². The van der Waals surface area contributed by atoms with E-state index in [0.717, 1.165) is 19.1 Å². The van der Waals surface area contributed by atoms with Gasteiger partial charge in [-0.1, -0.05) is 28.1 Å². The maximum atomic E-state index is 13.4. The van der Waals surface area contributed by atoms with Crippen molar-refractivity contribution in [1.29, 1.82) is 0 Å². The first-order valence-corrected chi connectivity index (χ1v) is 4.46. The Bertz CT molecular complexity index is 262. The van der Waals surface area contributed by atoms with Crippen molar-refractivity contribution < 1.29 is 17.6 Å². The van der Waals surface area contributed by atoms with Gasteiger partial charge in [-0.2, -0.15) is 13.2 Å². The first kappa shape index (κ1) is 10.8. The van der Waals surface area contributed by atoms with Gasteiger partial charge in [0.1, 0.15) is 5.67 Å². The molecule has 0 aromatic rings. The predicted molar refractivity (Wildman–Crippen MR) is 45.5 cm³/mol. The van der Waals surface area contributed by atoms with Crippen molar-refractivity contribution in [2.75, 3.05) is 0 Å². The summed E-state index contributed by atoms with van der Waals surface area (Å²) in [5.41, 5.74) is -2.92. The minimum absolute atomic E-state index is 0.590. The molecule has 0 heterocycles. The fourth-order valence-corrected chi connectivity index (χ4v) is 1.27. The summed E-state index contributed by atoms with van der Waals surface area (Å²) >= 11 is 2.93. The van der Waals surface area contributed by atoms with Crippen LogP contribution in [0, 0.1) is 0 Å². The molecule has 0 fully saturated rings. The number of hydrogen-bond donors (Lipinski definition) is 0. The van der Waals surface area contributed by atoms with Crippen molar-refractivity contribution in [3.63, 3.8) is 0 Å². The van der Waals surface area contributed by atoms with Gasteiger partial charge in [-0.15, -0.1) is 0 Å². The number of halogens is 5. The number of rotatable bonds is 0. The number of hydrogen-bond acceptors (Lipinski definition) is 0. The van der Waals surface area contributed by atoms with Crippen LogP contribution in [-0.2, 0) is 0 Å². The Morgan fingerprint density at radius 2 is 2.00 bits per heavy atom. The molecule has 13 heavy (non-hydrogen) atoms. The molecule has 0 radical (unpaired) electrons. The third-order valence-electron chi connectivity index (χ3n) is 1.75. The lowest BCUT2D eigenvalue weighted by molar-refractivity contribution is -0.0895. The summed E-state index contributed by atoms with van der Waals surface area (Å²) in [6.45, 7) is 1.10. The highest BCUT2D eigenvalue weighted by atomic mass is 79.9. The minimum Gasteiger partial charge on any atom is -0.238 e. The standard InChI is InChI=1S/C8H7BrF4/c1-7(10)4-5(8(11,12)13)2-3-6(7)9/h2-4,6H,1H3. The van der Waals surface area contributed by atoms with Crippen LogP contribution in [0.4, 0.5) is 17.6 Å². The summed E-state index contributed by atoms with van der Waals surface area (Å²) in [7, 11) is 0. The van der Waals surface area contributed by atoms with Crippen LogP contribution < -0.4 is 0 Å². The molecule has 0 aromatic heterocycles. The summed E-state index contributed by atoms with van der Waals surface area (Å²) in [5.74, 6) is 0. The molecule has 1 aliphatic carbocycles. The molecule has 5 heteroatoms. The van der Waals surface area contributed by atoms with Gasteiger partial charge in [0, 0.05) is 0 Å². The Morgan fingerprint density at radius 1 is 1.46 bits per heavy atom. The Labute approximate surface area is 81.4 Å². The minimum atomic E-state index is -4.48. The van der Waals surface area contributed by atoms with Gasteiger partial charge < -0.3 is 0 Å². The Kier molecular flexibility index (Phi) is 2.58. The molecule has 1 rings (SSSR count). The van der Waals surface area contributed by atoms with E-state index in [0.29, 0.717) is 6.08 Å². The topological polar surface area (TPSA) is 0 Å². The van der Waals surface area contributed by atoms with Gasteiger partial charge in [0.25, 0.3) is 0 Å². The van der Waals surface area contributed by atoms with Crippen LogP contribution in [0.15, 0.2) is 23.8 Å². The summed E-state index contributed by atoms with van der Waals surface area (Å²) < 4.78 is 49.7. The highest BCUT2D eigenvalue weighted by molar-refractivity contribution is 9.09. The van der Waals surface area contributed by atoms with E-state index in [9.17, 15) is 17.6 Å². The quantitative estimate of drug-likeness (QED) is 0.461. The van der Waals surface area contributed by atoms with Crippen molar-refractivity contribution in [2.45, 2.75) is 23.6 Å². The predicted octanol–water partition coefficient (Wildman–Crippen LogP) is 3.54. The Hall–Kier alpha value is -0.320. The fourth-order valence-electron chi connectivity index (χ4n) is 0.984. The second kappa shape index (κ2) is 3.12. The summed E-state index contributed by atoms with van der Waals surface area (Å²) in [5, 5.41) is 0. The first-order valence-electron chi connectivity index (χ1n) is 3.55. The third-order valence-corrected chi connectivity index (χ3v) is 2.95. The maximum absolute atomic E-state index is 13.4. The van der Waals surface area contributed by atoms with Crippen LogP contribution in [-0.4, -0.2) is 16.7 Å². The SMILES string of the molecule is CC1(F)C=C(C(F)(F)F)C=CC1Br. The molecule has 0 N–H and O–H groups in total. The van der Waals surface area contributed by atoms with E-state index >= 15 is 0 Å². The molecule has 0 spiro atoms.